The zero-order valence-electron chi connectivity index (χ0n) is 22.7. The Morgan fingerprint density at radius 3 is 2.38 bits per heavy atom. The fourth-order valence-electron chi connectivity index (χ4n) is 4.07. The lowest BCUT2D eigenvalue weighted by atomic mass is 9.90. The molecular formula is C28H36N4O6S. The van der Waals surface area contributed by atoms with Gasteiger partial charge in [-0.15, -0.1) is 0 Å². The van der Waals surface area contributed by atoms with E-state index in [0.29, 0.717) is 29.1 Å². The van der Waals surface area contributed by atoms with Crippen molar-refractivity contribution < 1.29 is 28.2 Å². The number of amides is 1. The maximum Gasteiger partial charge on any atom is 0.249 e. The Kier molecular flexibility index (Phi) is 9.57. The number of aliphatic hydroxyl groups is 1. The third-order valence-electron chi connectivity index (χ3n) is 6.15. The molecule has 39 heavy (non-hydrogen) atoms. The van der Waals surface area contributed by atoms with E-state index < -0.39 is 21.7 Å². The van der Waals surface area contributed by atoms with E-state index in [1.807, 2.05) is 43.3 Å². The fourth-order valence-corrected chi connectivity index (χ4v) is 4.63. The van der Waals surface area contributed by atoms with Gasteiger partial charge in [0.05, 0.1) is 25.2 Å². The van der Waals surface area contributed by atoms with Crippen LogP contribution in [-0.2, 0) is 26.9 Å². The fraction of sp³-hybridized carbons (Fsp3) is 0.321. The molecule has 0 saturated heterocycles. The topological polar surface area (TPSA) is 140 Å². The van der Waals surface area contributed by atoms with E-state index in [0.717, 1.165) is 11.8 Å². The minimum atomic E-state index is -3.64. The van der Waals surface area contributed by atoms with Gasteiger partial charge in [-0.2, -0.15) is 0 Å². The summed E-state index contributed by atoms with van der Waals surface area (Å²) in [4.78, 5) is 15.8. The first-order chi connectivity index (χ1) is 18.3. The van der Waals surface area contributed by atoms with Crippen molar-refractivity contribution in [2.75, 3.05) is 44.0 Å². The number of carbonyl (C=O) groups excluding carboxylic acids is 1. The number of phenolic OH excluding ortho intramolecular Hbond substituents is 1. The highest BCUT2D eigenvalue weighted by Gasteiger charge is 2.36. The number of carbonyl (C=O) groups is 1. The second-order valence-electron chi connectivity index (χ2n) is 9.79. The molecule has 0 aromatic heterocycles. The molecule has 3 aromatic rings. The Bertz CT molecular complexity index is 1400. The molecule has 0 bridgehead atoms. The highest BCUT2D eigenvalue weighted by Crippen LogP contribution is 2.30. The SMILES string of the molecule is COc1ccc(C(C)(NC[C@@H](O)c2ccc(O)c(NS(C)(=O)=O)c2)C(=O)Nc2cccc(CN(C)C)c2)cc1. The molecule has 0 heterocycles. The van der Waals surface area contributed by atoms with Crippen LogP contribution in [0.5, 0.6) is 11.5 Å². The molecule has 3 aromatic carbocycles. The molecule has 210 valence electrons. The summed E-state index contributed by atoms with van der Waals surface area (Å²) in [6.07, 6.45) is -0.161. The van der Waals surface area contributed by atoms with Crippen LogP contribution in [-0.4, -0.2) is 63.4 Å². The van der Waals surface area contributed by atoms with Crippen LogP contribution in [0.1, 0.15) is 29.7 Å². The molecule has 0 saturated carbocycles. The molecule has 11 heteroatoms. The minimum absolute atomic E-state index is 0.0534. The zero-order valence-corrected chi connectivity index (χ0v) is 23.5. The van der Waals surface area contributed by atoms with Gasteiger partial charge in [-0.05, 0) is 74.1 Å². The van der Waals surface area contributed by atoms with E-state index in [2.05, 4.69) is 15.4 Å². The molecular weight excluding hydrogens is 520 g/mol. The average molecular weight is 557 g/mol. The molecule has 1 unspecified atom stereocenters. The number of hydrogen-bond donors (Lipinski definition) is 5. The van der Waals surface area contributed by atoms with Crippen molar-refractivity contribution in [1.82, 2.24) is 10.2 Å². The maximum atomic E-state index is 13.7. The quantitative estimate of drug-likeness (QED) is 0.215. The Morgan fingerprint density at radius 2 is 1.77 bits per heavy atom. The van der Waals surface area contributed by atoms with Crippen molar-refractivity contribution in [1.29, 1.82) is 0 Å². The number of rotatable bonds is 12. The minimum Gasteiger partial charge on any atom is -0.506 e. The van der Waals surface area contributed by atoms with Crippen LogP contribution >= 0.6 is 0 Å². The lowest BCUT2D eigenvalue weighted by Crippen LogP contribution is -2.51. The summed E-state index contributed by atoms with van der Waals surface area (Å²) < 4.78 is 30.8. The van der Waals surface area contributed by atoms with Crippen molar-refractivity contribution in [2.45, 2.75) is 25.1 Å². The second kappa shape index (κ2) is 12.5. The summed E-state index contributed by atoms with van der Waals surface area (Å²) >= 11 is 0. The summed E-state index contributed by atoms with van der Waals surface area (Å²) in [6.45, 7) is 2.38. The summed E-state index contributed by atoms with van der Waals surface area (Å²) in [5.74, 6) is 0.0169. The van der Waals surface area contributed by atoms with Crippen LogP contribution in [0.25, 0.3) is 0 Å². The summed E-state index contributed by atoms with van der Waals surface area (Å²) in [6, 6.07) is 18.8. The second-order valence-corrected chi connectivity index (χ2v) is 11.5. The Balaban J connectivity index is 1.87. The van der Waals surface area contributed by atoms with Crippen molar-refractivity contribution in [3.05, 3.63) is 83.4 Å². The zero-order chi connectivity index (χ0) is 28.8. The van der Waals surface area contributed by atoms with Gasteiger partial charge in [0.25, 0.3) is 0 Å². The molecule has 2 atom stereocenters. The van der Waals surface area contributed by atoms with Crippen LogP contribution in [0.3, 0.4) is 0 Å². The van der Waals surface area contributed by atoms with Gasteiger partial charge in [-0.3, -0.25) is 14.8 Å². The van der Waals surface area contributed by atoms with Crippen LogP contribution in [0.2, 0.25) is 0 Å². The number of nitrogens with zero attached hydrogens (tertiary/aromatic N) is 1. The highest BCUT2D eigenvalue weighted by atomic mass is 32.2. The third kappa shape index (κ3) is 8.17. The van der Waals surface area contributed by atoms with E-state index in [9.17, 15) is 23.4 Å². The lowest BCUT2D eigenvalue weighted by Gasteiger charge is -2.31. The summed E-state index contributed by atoms with van der Waals surface area (Å²) in [7, 11) is 1.85. The monoisotopic (exact) mass is 556 g/mol. The van der Waals surface area contributed by atoms with Gasteiger partial charge < -0.3 is 25.2 Å². The first-order valence-corrected chi connectivity index (χ1v) is 14.1. The average Bonchev–Trinajstić information content (AvgIpc) is 2.87. The smallest absolute Gasteiger partial charge is 0.249 e. The normalized spacial score (nSPS) is 13.9. The third-order valence-corrected chi connectivity index (χ3v) is 6.75. The number of sulfonamides is 1. The summed E-state index contributed by atoms with van der Waals surface area (Å²) in [5, 5.41) is 27.1. The number of aromatic hydroxyl groups is 1. The van der Waals surface area contributed by atoms with E-state index >= 15 is 0 Å². The molecule has 0 aliphatic carbocycles. The number of benzene rings is 3. The van der Waals surface area contributed by atoms with Gasteiger partial charge in [0.1, 0.15) is 17.0 Å². The van der Waals surface area contributed by atoms with Gasteiger partial charge in [0.2, 0.25) is 15.9 Å². The van der Waals surface area contributed by atoms with E-state index in [-0.39, 0.29) is 23.9 Å². The predicted octanol–water partition coefficient (Wildman–Crippen LogP) is 3.01. The molecule has 0 radical (unpaired) electrons. The number of nitrogens with one attached hydrogen (secondary N) is 3. The van der Waals surface area contributed by atoms with Gasteiger partial charge in [0, 0.05) is 18.8 Å². The highest BCUT2D eigenvalue weighted by molar-refractivity contribution is 7.92. The Hall–Kier alpha value is -3.64. The van der Waals surface area contributed by atoms with Gasteiger partial charge >= 0.3 is 0 Å². The number of phenols is 1. The van der Waals surface area contributed by atoms with Crippen molar-refractivity contribution in [2.24, 2.45) is 0 Å². The standard InChI is InChI=1S/C28H36N4O6S/c1-28(21-10-12-23(38-4)13-11-21,27(35)30-22-8-6-7-19(15-22)18-32(2)3)29-17-26(34)20-9-14-25(33)24(16-20)31-39(5,36)37/h6-16,26,29,31,33-34H,17-18H2,1-5H3,(H,30,35)/t26-,28?/m1/s1. The number of methoxy groups -OCH3 is 1. The molecule has 0 aliphatic rings. The van der Waals surface area contributed by atoms with Crippen LogP contribution < -0.4 is 20.1 Å². The first kappa shape index (κ1) is 29.9. The molecule has 1 amide bonds. The van der Waals surface area contributed by atoms with Crippen LogP contribution in [0.15, 0.2) is 66.7 Å². The van der Waals surface area contributed by atoms with E-state index in [4.69, 9.17) is 4.74 Å². The van der Waals surface area contributed by atoms with Gasteiger partial charge in [-0.1, -0.05) is 30.3 Å². The largest absolute Gasteiger partial charge is 0.506 e. The molecule has 10 nitrogen and oxygen atoms in total. The van der Waals surface area contributed by atoms with E-state index in [1.165, 1.54) is 18.2 Å². The Morgan fingerprint density at radius 1 is 1.08 bits per heavy atom. The van der Waals surface area contributed by atoms with Crippen molar-refractivity contribution in [3.8, 4) is 11.5 Å². The molecule has 0 fully saturated rings. The van der Waals surface area contributed by atoms with Gasteiger partial charge in [-0.25, -0.2) is 8.42 Å². The Labute approximate surface area is 229 Å². The van der Waals surface area contributed by atoms with Crippen molar-refractivity contribution in [3.63, 3.8) is 0 Å². The van der Waals surface area contributed by atoms with Gasteiger partial charge in [0.15, 0.2) is 0 Å². The number of aliphatic hydroxyl groups excluding tert-OH is 1. The lowest BCUT2D eigenvalue weighted by molar-refractivity contribution is -0.122. The summed E-state index contributed by atoms with van der Waals surface area (Å²) in [5.41, 5.74) is 1.34. The van der Waals surface area contributed by atoms with Crippen LogP contribution in [0.4, 0.5) is 11.4 Å². The van der Waals surface area contributed by atoms with Crippen molar-refractivity contribution >= 4 is 27.3 Å². The molecule has 5 N–H and O–H groups in total. The van der Waals surface area contributed by atoms with E-state index in [1.54, 1.807) is 38.3 Å². The number of hydrogen-bond acceptors (Lipinski definition) is 8. The number of anilines is 2. The maximum absolute atomic E-state index is 13.7. The molecule has 3 rings (SSSR count). The number of ether oxygens (including phenoxy) is 1. The predicted molar refractivity (Wildman–Crippen MR) is 152 cm³/mol. The molecule has 0 spiro atoms. The first-order valence-electron chi connectivity index (χ1n) is 12.2. The molecule has 0 aliphatic heterocycles. The van der Waals surface area contributed by atoms with Crippen LogP contribution in [0, 0.1) is 0 Å².